The van der Waals surface area contributed by atoms with Crippen molar-refractivity contribution in [2.45, 2.75) is 19.3 Å². The monoisotopic (exact) mass is 386 g/mol. The van der Waals surface area contributed by atoms with E-state index in [0.29, 0.717) is 23.8 Å². The van der Waals surface area contributed by atoms with E-state index in [4.69, 9.17) is 0 Å². The van der Waals surface area contributed by atoms with Gasteiger partial charge in [0.2, 0.25) is 11.8 Å². The number of piperidine rings is 1. The average molecular weight is 386 g/mol. The van der Waals surface area contributed by atoms with E-state index in [1.165, 1.54) is 11.3 Å². The molecule has 1 unspecified atom stereocenters. The van der Waals surface area contributed by atoms with Crippen molar-refractivity contribution in [3.8, 4) is 0 Å². The Hall–Kier alpha value is -2.74. The smallest absolute Gasteiger partial charge is 0.251 e. The van der Waals surface area contributed by atoms with Crippen LogP contribution in [0.4, 0.5) is 5.13 Å². The number of likely N-dealkylation sites (tertiary alicyclic amines) is 1. The van der Waals surface area contributed by atoms with Crippen LogP contribution in [0.2, 0.25) is 0 Å². The van der Waals surface area contributed by atoms with Gasteiger partial charge in [0.25, 0.3) is 5.91 Å². The maximum Gasteiger partial charge on any atom is 0.251 e. The van der Waals surface area contributed by atoms with Gasteiger partial charge in [-0.3, -0.25) is 14.4 Å². The van der Waals surface area contributed by atoms with E-state index >= 15 is 0 Å². The van der Waals surface area contributed by atoms with Crippen LogP contribution in [0.15, 0.2) is 41.9 Å². The van der Waals surface area contributed by atoms with Crippen LogP contribution in [0.1, 0.15) is 29.6 Å². The Morgan fingerprint density at radius 3 is 2.78 bits per heavy atom. The number of anilines is 1. The number of hydrogen-bond donors (Lipinski definition) is 2. The fraction of sp³-hybridized carbons (Fsp3) is 0.368. The van der Waals surface area contributed by atoms with Gasteiger partial charge in [-0.15, -0.1) is 11.3 Å². The van der Waals surface area contributed by atoms with Crippen molar-refractivity contribution >= 4 is 34.2 Å². The summed E-state index contributed by atoms with van der Waals surface area (Å²) in [4.78, 5) is 42.6. The number of nitrogens with zero attached hydrogens (tertiary/aromatic N) is 2. The predicted molar refractivity (Wildman–Crippen MR) is 103 cm³/mol. The number of aromatic nitrogens is 1. The molecule has 2 heterocycles. The average Bonchev–Trinajstić information content (AvgIpc) is 3.21. The van der Waals surface area contributed by atoms with E-state index in [-0.39, 0.29) is 36.6 Å². The van der Waals surface area contributed by atoms with Crippen molar-refractivity contribution in [2.24, 2.45) is 5.92 Å². The van der Waals surface area contributed by atoms with Gasteiger partial charge >= 0.3 is 0 Å². The number of hydrogen-bond acceptors (Lipinski definition) is 5. The summed E-state index contributed by atoms with van der Waals surface area (Å²) in [5, 5.41) is 7.94. The Morgan fingerprint density at radius 1 is 1.22 bits per heavy atom. The predicted octanol–water partition coefficient (Wildman–Crippen LogP) is 2.14. The molecule has 0 aliphatic carbocycles. The molecular formula is C19H22N4O3S. The first-order chi connectivity index (χ1) is 13.1. The molecule has 2 N–H and O–H groups in total. The van der Waals surface area contributed by atoms with E-state index in [1.807, 2.05) is 6.07 Å². The van der Waals surface area contributed by atoms with E-state index < -0.39 is 0 Å². The molecule has 3 amide bonds. The lowest BCUT2D eigenvalue weighted by Gasteiger charge is -2.32. The number of rotatable bonds is 6. The summed E-state index contributed by atoms with van der Waals surface area (Å²) in [5.74, 6) is -0.566. The number of thiazole rings is 1. The Bertz CT molecular complexity index is 780. The fourth-order valence-electron chi connectivity index (χ4n) is 3.04. The maximum atomic E-state index is 12.4. The van der Waals surface area contributed by atoms with Gasteiger partial charge in [0, 0.05) is 43.2 Å². The van der Waals surface area contributed by atoms with Gasteiger partial charge in [0.05, 0.1) is 5.92 Å². The summed E-state index contributed by atoms with van der Waals surface area (Å²) < 4.78 is 0. The van der Waals surface area contributed by atoms with Crippen LogP contribution in [0.25, 0.3) is 0 Å². The minimum Gasteiger partial charge on any atom is -0.352 e. The fourth-order valence-corrected chi connectivity index (χ4v) is 3.57. The van der Waals surface area contributed by atoms with Gasteiger partial charge in [-0.2, -0.15) is 0 Å². The lowest BCUT2D eigenvalue weighted by atomic mass is 9.97. The summed E-state index contributed by atoms with van der Waals surface area (Å²) in [6, 6.07) is 8.90. The highest BCUT2D eigenvalue weighted by atomic mass is 32.1. The number of nitrogens with one attached hydrogen (secondary N) is 2. The van der Waals surface area contributed by atoms with Crippen LogP contribution in [0.3, 0.4) is 0 Å². The molecule has 1 aliphatic rings. The van der Waals surface area contributed by atoms with Crippen molar-refractivity contribution in [3.05, 3.63) is 47.5 Å². The summed E-state index contributed by atoms with van der Waals surface area (Å²) in [5.41, 5.74) is 0.571. The molecule has 1 fully saturated rings. The second-order valence-electron chi connectivity index (χ2n) is 6.38. The first-order valence-electron chi connectivity index (χ1n) is 8.95. The normalized spacial score (nSPS) is 16.6. The molecule has 2 aromatic rings. The molecule has 3 rings (SSSR count). The molecular weight excluding hydrogens is 364 g/mol. The Balaban J connectivity index is 1.44. The van der Waals surface area contributed by atoms with Crippen LogP contribution >= 0.6 is 11.3 Å². The zero-order valence-electron chi connectivity index (χ0n) is 14.9. The highest BCUT2D eigenvalue weighted by Gasteiger charge is 2.28. The molecule has 27 heavy (non-hydrogen) atoms. The van der Waals surface area contributed by atoms with Crippen molar-refractivity contribution in [1.29, 1.82) is 0 Å². The molecule has 1 atom stereocenters. The largest absolute Gasteiger partial charge is 0.352 e. The molecule has 1 saturated heterocycles. The van der Waals surface area contributed by atoms with Gasteiger partial charge in [0.15, 0.2) is 5.13 Å². The Labute approximate surface area is 161 Å². The first-order valence-corrected chi connectivity index (χ1v) is 9.83. The molecule has 0 spiro atoms. The molecule has 1 aromatic carbocycles. The topological polar surface area (TPSA) is 91.4 Å². The van der Waals surface area contributed by atoms with Crippen LogP contribution in [0, 0.1) is 5.92 Å². The van der Waals surface area contributed by atoms with Crippen LogP contribution in [0.5, 0.6) is 0 Å². The molecule has 8 heteroatoms. The Kier molecular flexibility index (Phi) is 6.54. The minimum absolute atomic E-state index is 0.0462. The summed E-state index contributed by atoms with van der Waals surface area (Å²) in [6.45, 7) is 1.33. The van der Waals surface area contributed by atoms with Crippen molar-refractivity contribution in [3.63, 3.8) is 0 Å². The van der Waals surface area contributed by atoms with Crippen molar-refractivity contribution < 1.29 is 14.4 Å². The number of benzene rings is 1. The van der Waals surface area contributed by atoms with Crippen molar-refractivity contribution in [2.75, 3.05) is 25.0 Å². The SMILES string of the molecule is O=C(NCCC(=O)N1CCCC(C(=O)Nc2nccs2)C1)c1ccccc1. The second-order valence-corrected chi connectivity index (χ2v) is 7.27. The van der Waals surface area contributed by atoms with Gasteiger partial charge in [-0.1, -0.05) is 18.2 Å². The van der Waals surface area contributed by atoms with E-state index in [9.17, 15) is 14.4 Å². The second kappa shape index (κ2) is 9.27. The third kappa shape index (κ3) is 5.37. The van der Waals surface area contributed by atoms with Gasteiger partial charge in [0.1, 0.15) is 0 Å². The zero-order valence-corrected chi connectivity index (χ0v) is 15.7. The van der Waals surface area contributed by atoms with E-state index in [2.05, 4.69) is 15.6 Å². The molecule has 1 aliphatic heterocycles. The quantitative estimate of drug-likeness (QED) is 0.796. The molecule has 0 bridgehead atoms. The van der Waals surface area contributed by atoms with E-state index in [1.54, 1.807) is 40.7 Å². The van der Waals surface area contributed by atoms with Crippen LogP contribution in [-0.2, 0) is 9.59 Å². The lowest BCUT2D eigenvalue weighted by molar-refractivity contribution is -0.134. The molecule has 1 aromatic heterocycles. The zero-order chi connectivity index (χ0) is 19.1. The molecule has 7 nitrogen and oxygen atoms in total. The highest BCUT2D eigenvalue weighted by molar-refractivity contribution is 7.13. The maximum absolute atomic E-state index is 12.4. The highest BCUT2D eigenvalue weighted by Crippen LogP contribution is 2.20. The third-order valence-corrected chi connectivity index (χ3v) is 5.16. The lowest BCUT2D eigenvalue weighted by Crippen LogP contribution is -2.44. The summed E-state index contributed by atoms with van der Waals surface area (Å²) in [6.07, 6.45) is 3.41. The van der Waals surface area contributed by atoms with Crippen LogP contribution in [-0.4, -0.2) is 47.2 Å². The summed E-state index contributed by atoms with van der Waals surface area (Å²) >= 11 is 1.37. The molecule has 0 radical (unpaired) electrons. The minimum atomic E-state index is -0.231. The van der Waals surface area contributed by atoms with Gasteiger partial charge in [-0.05, 0) is 25.0 Å². The van der Waals surface area contributed by atoms with E-state index in [0.717, 1.165) is 12.8 Å². The first kappa shape index (κ1) is 19.0. The van der Waals surface area contributed by atoms with Crippen molar-refractivity contribution in [1.82, 2.24) is 15.2 Å². The molecule has 0 saturated carbocycles. The van der Waals surface area contributed by atoms with Gasteiger partial charge < -0.3 is 15.5 Å². The number of amides is 3. The Morgan fingerprint density at radius 2 is 2.04 bits per heavy atom. The standard InChI is InChI=1S/C19H22N4O3S/c24-16(8-9-20-17(25)14-5-2-1-3-6-14)23-11-4-7-15(13-23)18(26)22-19-21-10-12-27-19/h1-3,5-6,10,12,15H,4,7-9,11,13H2,(H,20,25)(H,21,22,26). The number of carbonyl (C=O) groups excluding carboxylic acids is 3. The third-order valence-electron chi connectivity index (χ3n) is 4.47. The number of carbonyl (C=O) groups is 3. The van der Waals surface area contributed by atoms with Crippen LogP contribution < -0.4 is 10.6 Å². The summed E-state index contributed by atoms with van der Waals surface area (Å²) in [7, 11) is 0. The molecule has 142 valence electrons. The van der Waals surface area contributed by atoms with Gasteiger partial charge in [-0.25, -0.2) is 4.98 Å².